The van der Waals surface area contributed by atoms with Gasteiger partial charge in [-0.2, -0.15) is 0 Å². The fourth-order valence-corrected chi connectivity index (χ4v) is 2.04. The summed E-state index contributed by atoms with van der Waals surface area (Å²) in [6, 6.07) is 3.06. The number of nitrogens with zero attached hydrogens (tertiary/aromatic N) is 2. The van der Waals surface area contributed by atoms with Crippen LogP contribution in [0.4, 0.5) is 0 Å². The van der Waals surface area contributed by atoms with E-state index in [9.17, 15) is 9.59 Å². The maximum atomic E-state index is 11.8. The van der Waals surface area contributed by atoms with E-state index in [1.807, 2.05) is 0 Å². The molecule has 0 aliphatic carbocycles. The Balaban J connectivity index is 1.88. The number of amides is 2. The normalized spacial score (nSPS) is 14.5. The van der Waals surface area contributed by atoms with Crippen LogP contribution in [0, 0.1) is 0 Å². The SMILES string of the molecule is O=C(NCC(=O)N1CCCC1)c1ccnc(CO)c1. The molecule has 0 spiro atoms. The molecule has 1 aliphatic heterocycles. The first kappa shape index (κ1) is 13.5. The summed E-state index contributed by atoms with van der Waals surface area (Å²) >= 11 is 0. The maximum Gasteiger partial charge on any atom is 0.251 e. The second-order valence-corrected chi connectivity index (χ2v) is 4.46. The minimum atomic E-state index is -0.329. The van der Waals surface area contributed by atoms with E-state index >= 15 is 0 Å². The molecule has 2 rings (SSSR count). The van der Waals surface area contributed by atoms with E-state index in [0.29, 0.717) is 11.3 Å². The fourth-order valence-electron chi connectivity index (χ4n) is 2.04. The van der Waals surface area contributed by atoms with Gasteiger partial charge in [0.15, 0.2) is 0 Å². The largest absolute Gasteiger partial charge is 0.390 e. The zero-order valence-corrected chi connectivity index (χ0v) is 10.6. The van der Waals surface area contributed by atoms with E-state index in [1.54, 1.807) is 11.0 Å². The Bertz CT molecular complexity index is 470. The van der Waals surface area contributed by atoms with Crippen LogP contribution in [0.2, 0.25) is 0 Å². The van der Waals surface area contributed by atoms with Crippen molar-refractivity contribution in [3.05, 3.63) is 29.6 Å². The van der Waals surface area contributed by atoms with Crippen molar-refractivity contribution in [2.75, 3.05) is 19.6 Å². The van der Waals surface area contributed by atoms with E-state index in [0.717, 1.165) is 25.9 Å². The topological polar surface area (TPSA) is 82.5 Å². The van der Waals surface area contributed by atoms with Crippen molar-refractivity contribution in [2.24, 2.45) is 0 Å². The quantitative estimate of drug-likeness (QED) is 0.796. The maximum absolute atomic E-state index is 11.8. The smallest absolute Gasteiger partial charge is 0.251 e. The Morgan fingerprint density at radius 3 is 2.79 bits per heavy atom. The lowest BCUT2D eigenvalue weighted by Gasteiger charge is -2.15. The Hall–Kier alpha value is -1.95. The molecule has 2 N–H and O–H groups in total. The molecule has 0 radical (unpaired) electrons. The van der Waals surface area contributed by atoms with Gasteiger partial charge in [-0.15, -0.1) is 0 Å². The number of carbonyl (C=O) groups excluding carboxylic acids is 2. The highest BCUT2D eigenvalue weighted by Gasteiger charge is 2.18. The van der Waals surface area contributed by atoms with Crippen molar-refractivity contribution in [1.29, 1.82) is 0 Å². The molecule has 0 bridgehead atoms. The number of likely N-dealkylation sites (tertiary alicyclic amines) is 1. The van der Waals surface area contributed by atoms with Gasteiger partial charge in [0, 0.05) is 24.8 Å². The number of aromatic nitrogens is 1. The zero-order valence-electron chi connectivity index (χ0n) is 10.6. The van der Waals surface area contributed by atoms with Crippen LogP contribution in [-0.4, -0.2) is 46.4 Å². The molecular formula is C13H17N3O3. The summed E-state index contributed by atoms with van der Waals surface area (Å²) in [5, 5.41) is 11.5. The second kappa shape index (κ2) is 6.29. The molecule has 2 heterocycles. The number of nitrogens with one attached hydrogen (secondary N) is 1. The number of aliphatic hydroxyl groups is 1. The van der Waals surface area contributed by atoms with E-state index in [1.165, 1.54) is 12.3 Å². The van der Waals surface area contributed by atoms with Gasteiger partial charge >= 0.3 is 0 Å². The Morgan fingerprint density at radius 2 is 2.11 bits per heavy atom. The summed E-state index contributed by atoms with van der Waals surface area (Å²) in [6.45, 7) is 1.35. The monoisotopic (exact) mass is 263 g/mol. The average molecular weight is 263 g/mol. The van der Waals surface area contributed by atoms with Gasteiger partial charge in [-0.3, -0.25) is 14.6 Å². The van der Waals surface area contributed by atoms with Crippen molar-refractivity contribution in [2.45, 2.75) is 19.4 Å². The van der Waals surface area contributed by atoms with Gasteiger partial charge in [0.25, 0.3) is 5.91 Å². The summed E-state index contributed by atoms with van der Waals surface area (Å²) in [7, 11) is 0. The minimum absolute atomic E-state index is 0.00954. The minimum Gasteiger partial charge on any atom is -0.390 e. The third kappa shape index (κ3) is 3.51. The highest BCUT2D eigenvalue weighted by molar-refractivity contribution is 5.96. The fraction of sp³-hybridized carbons (Fsp3) is 0.462. The molecule has 6 nitrogen and oxygen atoms in total. The number of pyridine rings is 1. The molecular weight excluding hydrogens is 246 g/mol. The van der Waals surface area contributed by atoms with Crippen LogP contribution in [0.3, 0.4) is 0 Å². The Kier molecular flexibility index (Phi) is 4.46. The average Bonchev–Trinajstić information content (AvgIpc) is 2.98. The van der Waals surface area contributed by atoms with E-state index in [-0.39, 0.29) is 25.0 Å². The summed E-state index contributed by atoms with van der Waals surface area (Å²) in [5.41, 5.74) is 0.826. The van der Waals surface area contributed by atoms with Gasteiger partial charge in [0.2, 0.25) is 5.91 Å². The summed E-state index contributed by atoms with van der Waals surface area (Å²) < 4.78 is 0. The summed E-state index contributed by atoms with van der Waals surface area (Å²) in [4.78, 5) is 29.3. The van der Waals surface area contributed by atoms with Gasteiger partial charge in [-0.25, -0.2) is 0 Å². The summed E-state index contributed by atoms with van der Waals surface area (Å²) in [5.74, 6) is -0.382. The molecule has 1 aliphatic rings. The molecule has 19 heavy (non-hydrogen) atoms. The molecule has 0 saturated carbocycles. The standard InChI is InChI=1S/C13H17N3O3/c17-9-11-7-10(3-4-14-11)13(19)15-8-12(18)16-5-1-2-6-16/h3-4,7,17H,1-2,5-6,8-9H2,(H,15,19). The molecule has 6 heteroatoms. The zero-order chi connectivity index (χ0) is 13.7. The first-order valence-corrected chi connectivity index (χ1v) is 6.32. The molecule has 1 fully saturated rings. The van der Waals surface area contributed by atoms with Crippen molar-refractivity contribution in [3.8, 4) is 0 Å². The van der Waals surface area contributed by atoms with Gasteiger partial charge in [-0.1, -0.05) is 0 Å². The predicted molar refractivity (Wildman–Crippen MR) is 68.3 cm³/mol. The van der Waals surface area contributed by atoms with Crippen LogP contribution in [0.5, 0.6) is 0 Å². The third-order valence-corrected chi connectivity index (χ3v) is 3.10. The number of hydrogen-bond acceptors (Lipinski definition) is 4. The number of carbonyl (C=O) groups is 2. The lowest BCUT2D eigenvalue weighted by atomic mass is 10.2. The number of hydrogen-bond donors (Lipinski definition) is 2. The molecule has 1 aromatic heterocycles. The van der Waals surface area contributed by atoms with Crippen molar-refractivity contribution in [1.82, 2.24) is 15.2 Å². The van der Waals surface area contributed by atoms with E-state index in [2.05, 4.69) is 10.3 Å². The summed E-state index contributed by atoms with van der Waals surface area (Å²) in [6.07, 6.45) is 3.52. The molecule has 0 unspecified atom stereocenters. The van der Waals surface area contributed by atoms with Gasteiger partial charge in [0.05, 0.1) is 18.8 Å². The van der Waals surface area contributed by atoms with E-state index in [4.69, 9.17) is 5.11 Å². The second-order valence-electron chi connectivity index (χ2n) is 4.46. The highest BCUT2D eigenvalue weighted by atomic mass is 16.3. The predicted octanol–water partition coefficient (Wildman–Crippen LogP) is -0.0739. The number of rotatable bonds is 4. The Labute approximate surface area is 111 Å². The molecule has 1 aromatic rings. The van der Waals surface area contributed by atoms with Crippen molar-refractivity contribution >= 4 is 11.8 Å². The van der Waals surface area contributed by atoms with Gasteiger partial charge in [0.1, 0.15) is 0 Å². The third-order valence-electron chi connectivity index (χ3n) is 3.10. The molecule has 0 atom stereocenters. The van der Waals surface area contributed by atoms with E-state index < -0.39 is 0 Å². The lowest BCUT2D eigenvalue weighted by Crippen LogP contribution is -2.38. The van der Waals surface area contributed by atoms with Crippen LogP contribution >= 0.6 is 0 Å². The highest BCUT2D eigenvalue weighted by Crippen LogP contribution is 2.07. The number of aliphatic hydroxyl groups excluding tert-OH is 1. The van der Waals surface area contributed by atoms with Crippen LogP contribution in [0.1, 0.15) is 28.9 Å². The van der Waals surface area contributed by atoms with Gasteiger partial charge < -0.3 is 15.3 Å². The first-order valence-electron chi connectivity index (χ1n) is 6.32. The molecule has 1 saturated heterocycles. The van der Waals surface area contributed by atoms with Crippen molar-refractivity contribution in [3.63, 3.8) is 0 Å². The molecule has 0 aromatic carbocycles. The van der Waals surface area contributed by atoms with Crippen LogP contribution < -0.4 is 5.32 Å². The Morgan fingerprint density at radius 1 is 1.37 bits per heavy atom. The lowest BCUT2D eigenvalue weighted by molar-refractivity contribution is -0.129. The van der Waals surface area contributed by atoms with Crippen molar-refractivity contribution < 1.29 is 14.7 Å². The van der Waals surface area contributed by atoms with Gasteiger partial charge in [-0.05, 0) is 25.0 Å². The first-order chi connectivity index (χ1) is 9.20. The van der Waals surface area contributed by atoms with Crippen LogP contribution in [-0.2, 0) is 11.4 Å². The van der Waals surface area contributed by atoms with Crippen LogP contribution in [0.25, 0.3) is 0 Å². The molecule has 102 valence electrons. The molecule has 2 amide bonds. The van der Waals surface area contributed by atoms with Crippen LogP contribution in [0.15, 0.2) is 18.3 Å².